The maximum atomic E-state index is 5.73. The monoisotopic (exact) mass is 184 g/mol. The topological polar surface area (TPSA) is 24.5 Å². The maximum absolute atomic E-state index is 5.73. The first kappa shape index (κ1) is 9.44. The van der Waals surface area contributed by atoms with Gasteiger partial charge >= 0.3 is 0 Å². The van der Waals surface area contributed by atoms with Crippen LogP contribution in [0.4, 0.5) is 0 Å². The summed E-state index contributed by atoms with van der Waals surface area (Å²) in [5, 5.41) is 3.41. The fraction of sp³-hybridized carbons (Fsp3) is 1.00. The van der Waals surface area contributed by atoms with Crippen LogP contribution in [0.5, 0.6) is 0 Å². The minimum atomic E-state index is 0.325. The Kier molecular flexibility index (Phi) is 2.86. The van der Waals surface area contributed by atoms with E-state index in [2.05, 4.69) is 24.2 Å². The van der Waals surface area contributed by atoms with Crippen LogP contribution in [-0.4, -0.2) is 43.9 Å². The average molecular weight is 184 g/mol. The first-order valence-corrected chi connectivity index (χ1v) is 5.31. The molecule has 0 amide bonds. The smallest absolute Gasteiger partial charge is 0.108 e. The molecule has 0 aromatic carbocycles. The number of rotatable bonds is 2. The van der Waals surface area contributed by atoms with Crippen LogP contribution in [0.15, 0.2) is 0 Å². The van der Waals surface area contributed by atoms with Gasteiger partial charge in [-0.15, -0.1) is 0 Å². The third-order valence-corrected chi connectivity index (χ3v) is 3.07. The second kappa shape index (κ2) is 3.95. The molecule has 2 rings (SSSR count). The lowest BCUT2D eigenvalue weighted by Crippen LogP contribution is -2.26. The molecule has 2 aliphatic heterocycles. The molecular weight excluding hydrogens is 164 g/mol. The Morgan fingerprint density at radius 2 is 2.38 bits per heavy atom. The van der Waals surface area contributed by atoms with Gasteiger partial charge in [0.15, 0.2) is 0 Å². The molecular formula is C10H20N2O. The van der Waals surface area contributed by atoms with Crippen molar-refractivity contribution in [3.8, 4) is 0 Å². The van der Waals surface area contributed by atoms with Crippen molar-refractivity contribution in [1.29, 1.82) is 0 Å². The van der Waals surface area contributed by atoms with Crippen LogP contribution in [0.3, 0.4) is 0 Å². The molecule has 3 unspecified atom stereocenters. The van der Waals surface area contributed by atoms with Crippen LogP contribution < -0.4 is 5.32 Å². The summed E-state index contributed by atoms with van der Waals surface area (Å²) in [6, 6.07) is 0. The lowest BCUT2D eigenvalue weighted by molar-refractivity contribution is 0.0365. The molecule has 2 heterocycles. The quantitative estimate of drug-likeness (QED) is 0.682. The second-order valence-electron chi connectivity index (χ2n) is 4.50. The molecule has 0 radical (unpaired) electrons. The highest BCUT2D eigenvalue weighted by molar-refractivity contribution is 4.78. The summed E-state index contributed by atoms with van der Waals surface area (Å²) >= 11 is 0. The lowest BCUT2D eigenvalue weighted by Gasteiger charge is -2.15. The highest BCUT2D eigenvalue weighted by Gasteiger charge is 2.27. The van der Waals surface area contributed by atoms with Gasteiger partial charge in [0.2, 0.25) is 0 Å². The standard InChI is InChI=1S/C10H20N2O/c1-8-6-11-10(13-8)5-9-3-4-12(2)7-9/h8-11H,3-7H2,1-2H3. The molecule has 0 bridgehead atoms. The van der Waals surface area contributed by atoms with Crippen LogP contribution in [0.25, 0.3) is 0 Å². The molecule has 0 aliphatic carbocycles. The molecule has 2 fully saturated rings. The second-order valence-corrected chi connectivity index (χ2v) is 4.50. The predicted octanol–water partition coefficient (Wildman–Crippen LogP) is 0.663. The molecule has 3 heteroatoms. The Labute approximate surface area is 80.4 Å². The van der Waals surface area contributed by atoms with Crippen molar-refractivity contribution in [1.82, 2.24) is 10.2 Å². The summed E-state index contributed by atoms with van der Waals surface area (Å²) < 4.78 is 5.73. The number of ether oxygens (including phenoxy) is 1. The first-order chi connectivity index (χ1) is 6.24. The van der Waals surface area contributed by atoms with Gasteiger partial charge in [-0.25, -0.2) is 0 Å². The number of hydrogen-bond acceptors (Lipinski definition) is 3. The van der Waals surface area contributed by atoms with Crippen molar-refractivity contribution in [2.75, 3.05) is 26.7 Å². The highest BCUT2D eigenvalue weighted by atomic mass is 16.5. The molecule has 0 aromatic rings. The van der Waals surface area contributed by atoms with Crippen LogP contribution in [0.2, 0.25) is 0 Å². The van der Waals surface area contributed by atoms with Gasteiger partial charge in [-0.3, -0.25) is 5.32 Å². The minimum absolute atomic E-state index is 0.325. The Bertz CT molecular complexity index is 156. The zero-order valence-corrected chi connectivity index (χ0v) is 8.62. The minimum Gasteiger partial charge on any atom is -0.359 e. The van der Waals surface area contributed by atoms with Gasteiger partial charge in [0.1, 0.15) is 6.23 Å². The van der Waals surface area contributed by atoms with Crippen molar-refractivity contribution in [3.63, 3.8) is 0 Å². The Morgan fingerprint density at radius 1 is 1.54 bits per heavy atom. The predicted molar refractivity (Wildman–Crippen MR) is 52.6 cm³/mol. The molecule has 2 aliphatic rings. The molecule has 3 nitrogen and oxygen atoms in total. The van der Waals surface area contributed by atoms with Crippen molar-refractivity contribution in [2.24, 2.45) is 5.92 Å². The van der Waals surface area contributed by atoms with Crippen molar-refractivity contribution in [3.05, 3.63) is 0 Å². The fourth-order valence-corrected chi connectivity index (χ4v) is 2.33. The van der Waals surface area contributed by atoms with E-state index in [0.717, 1.165) is 12.5 Å². The molecule has 0 saturated carbocycles. The highest BCUT2D eigenvalue weighted by Crippen LogP contribution is 2.22. The average Bonchev–Trinajstić information content (AvgIpc) is 2.62. The van der Waals surface area contributed by atoms with Crippen molar-refractivity contribution in [2.45, 2.75) is 32.1 Å². The molecule has 0 aromatic heterocycles. The Morgan fingerprint density at radius 3 is 2.92 bits per heavy atom. The van der Waals surface area contributed by atoms with E-state index < -0.39 is 0 Å². The summed E-state index contributed by atoms with van der Waals surface area (Å²) in [6.45, 7) is 5.66. The van der Waals surface area contributed by atoms with Crippen molar-refractivity contribution >= 4 is 0 Å². The largest absolute Gasteiger partial charge is 0.359 e. The van der Waals surface area contributed by atoms with Crippen LogP contribution in [0, 0.1) is 5.92 Å². The van der Waals surface area contributed by atoms with Crippen LogP contribution >= 0.6 is 0 Å². The van der Waals surface area contributed by atoms with Crippen LogP contribution in [0.1, 0.15) is 19.8 Å². The molecule has 0 spiro atoms. The summed E-state index contributed by atoms with van der Waals surface area (Å²) in [7, 11) is 2.20. The van der Waals surface area contributed by atoms with Crippen molar-refractivity contribution < 1.29 is 4.74 Å². The van der Waals surface area contributed by atoms with E-state index in [-0.39, 0.29) is 0 Å². The normalized spacial score (nSPS) is 41.5. The SMILES string of the molecule is CC1CNC(CC2CCN(C)C2)O1. The zero-order valence-electron chi connectivity index (χ0n) is 8.62. The number of hydrogen-bond donors (Lipinski definition) is 1. The van der Waals surface area contributed by atoms with Crippen LogP contribution in [-0.2, 0) is 4.74 Å². The van der Waals surface area contributed by atoms with Gasteiger partial charge in [0.05, 0.1) is 6.10 Å². The van der Waals surface area contributed by atoms with E-state index in [1.54, 1.807) is 0 Å². The summed E-state index contributed by atoms with van der Waals surface area (Å²) in [6.07, 6.45) is 3.26. The third kappa shape index (κ3) is 2.42. The van der Waals surface area contributed by atoms with E-state index >= 15 is 0 Å². The van der Waals surface area contributed by atoms with E-state index in [1.807, 2.05) is 0 Å². The van der Waals surface area contributed by atoms with Gasteiger partial charge in [0.25, 0.3) is 0 Å². The number of nitrogens with zero attached hydrogens (tertiary/aromatic N) is 1. The number of nitrogens with one attached hydrogen (secondary N) is 1. The first-order valence-electron chi connectivity index (χ1n) is 5.31. The molecule has 1 N–H and O–H groups in total. The molecule has 76 valence electrons. The van der Waals surface area contributed by atoms with E-state index in [1.165, 1.54) is 25.9 Å². The molecule has 13 heavy (non-hydrogen) atoms. The zero-order chi connectivity index (χ0) is 9.26. The van der Waals surface area contributed by atoms with Gasteiger partial charge < -0.3 is 9.64 Å². The van der Waals surface area contributed by atoms with Gasteiger partial charge in [0, 0.05) is 13.1 Å². The summed E-state index contributed by atoms with van der Waals surface area (Å²) in [4.78, 5) is 2.41. The molecule has 3 atom stereocenters. The van der Waals surface area contributed by atoms with E-state index in [0.29, 0.717) is 12.3 Å². The fourth-order valence-electron chi connectivity index (χ4n) is 2.33. The van der Waals surface area contributed by atoms with Gasteiger partial charge in [-0.1, -0.05) is 0 Å². The summed E-state index contributed by atoms with van der Waals surface area (Å²) in [5.41, 5.74) is 0. The van der Waals surface area contributed by atoms with E-state index in [9.17, 15) is 0 Å². The lowest BCUT2D eigenvalue weighted by atomic mass is 10.0. The maximum Gasteiger partial charge on any atom is 0.108 e. The van der Waals surface area contributed by atoms with Gasteiger partial charge in [-0.05, 0) is 39.3 Å². The number of likely N-dealkylation sites (tertiary alicyclic amines) is 1. The van der Waals surface area contributed by atoms with E-state index in [4.69, 9.17) is 4.74 Å². The Hall–Kier alpha value is -0.120. The van der Waals surface area contributed by atoms with Gasteiger partial charge in [-0.2, -0.15) is 0 Å². The molecule has 2 saturated heterocycles. The third-order valence-electron chi connectivity index (χ3n) is 3.07. The summed E-state index contributed by atoms with van der Waals surface area (Å²) in [5.74, 6) is 0.841. The Balaban J connectivity index is 1.72.